The second-order valence-electron chi connectivity index (χ2n) is 9.80. The summed E-state index contributed by atoms with van der Waals surface area (Å²) in [5.74, 6) is 0.0494. The van der Waals surface area contributed by atoms with Crippen molar-refractivity contribution in [2.45, 2.75) is 50.7 Å². The number of carboxylic acid groups (broad SMARTS) is 1. The van der Waals surface area contributed by atoms with Crippen molar-refractivity contribution in [2.24, 2.45) is 11.8 Å². The van der Waals surface area contributed by atoms with Gasteiger partial charge in [-0.1, -0.05) is 18.6 Å². The monoisotopic (exact) mass is 508 g/mol. The molecule has 0 spiro atoms. The number of amides is 3. The summed E-state index contributed by atoms with van der Waals surface area (Å²) in [7, 11) is 1.89. The summed E-state index contributed by atoms with van der Waals surface area (Å²) < 4.78 is 25.8. The molecule has 1 aromatic carbocycles. The number of nitrogens with one attached hydrogen (secondary N) is 3. The Morgan fingerprint density at radius 1 is 1.28 bits per heavy atom. The molecule has 4 N–H and O–H groups in total. The molecule has 202 valence electrons. The van der Waals surface area contributed by atoms with Gasteiger partial charge in [0.15, 0.2) is 0 Å². The number of carbonyl (C=O) groups excluding carboxylic acids is 1. The van der Waals surface area contributed by atoms with E-state index in [2.05, 4.69) is 16.0 Å². The van der Waals surface area contributed by atoms with E-state index < -0.39 is 12.2 Å². The highest BCUT2D eigenvalue weighted by Crippen LogP contribution is 2.33. The van der Waals surface area contributed by atoms with Crippen LogP contribution in [0.4, 0.5) is 14.0 Å². The number of nitrogens with zero attached hydrogens (tertiary/aromatic N) is 1. The fraction of sp³-hybridized carbons (Fsp3) is 0.692. The Bertz CT molecular complexity index is 823. The number of hydrogen-bond acceptors (Lipinski definition) is 5. The van der Waals surface area contributed by atoms with E-state index in [9.17, 15) is 14.0 Å². The summed E-state index contributed by atoms with van der Waals surface area (Å²) in [6.45, 7) is 3.67. The molecule has 4 atom stereocenters. The zero-order valence-corrected chi connectivity index (χ0v) is 21.2. The smallest absolute Gasteiger partial charge is 0.404 e. The maximum Gasteiger partial charge on any atom is 0.404 e. The highest BCUT2D eigenvalue weighted by Gasteiger charge is 2.31. The Morgan fingerprint density at radius 2 is 2.14 bits per heavy atom. The molecule has 2 fully saturated rings. The molecule has 1 aromatic rings. The molecule has 2 aliphatic rings. The molecule has 2 aliphatic heterocycles. The van der Waals surface area contributed by atoms with Gasteiger partial charge in [-0.05, 0) is 62.8 Å². The summed E-state index contributed by atoms with van der Waals surface area (Å²) in [4.78, 5) is 26.0. The average Bonchev–Trinajstić information content (AvgIpc) is 3.11. The predicted molar refractivity (Wildman–Crippen MR) is 134 cm³/mol. The largest absolute Gasteiger partial charge is 0.465 e. The molecule has 4 unspecified atom stereocenters. The maximum atomic E-state index is 14.0. The molecule has 0 aliphatic carbocycles. The van der Waals surface area contributed by atoms with Gasteiger partial charge in [-0.3, -0.25) is 0 Å². The standard InChI is InChI=1S/C26H41FN4O5/c1-28-16-23(14-19-6-5-12-35-18-19)30-25(32)31-11-3-2-7-21(17-31)24(36-13-10-29-26(33)34)20-8-4-9-22(27)15-20/h4,8-9,15,19,21,23-24,28-29H,2-3,5-7,10-14,16-18H2,1H3,(H,30,32)(H,33,34). The SMILES string of the molecule is CNCC(CC1CCCOC1)NC(=O)N1CCCCC(C(OCCNC(=O)O)c2cccc(F)c2)C1. The molecule has 36 heavy (non-hydrogen) atoms. The lowest BCUT2D eigenvalue weighted by Gasteiger charge is -2.33. The zero-order valence-electron chi connectivity index (χ0n) is 21.2. The van der Waals surface area contributed by atoms with E-state index >= 15 is 0 Å². The minimum absolute atomic E-state index is 0.00765. The minimum atomic E-state index is -1.12. The van der Waals surface area contributed by atoms with Crippen LogP contribution >= 0.6 is 0 Å². The van der Waals surface area contributed by atoms with Gasteiger partial charge in [0.1, 0.15) is 5.82 Å². The highest BCUT2D eigenvalue weighted by molar-refractivity contribution is 5.74. The third-order valence-electron chi connectivity index (χ3n) is 6.93. The average molecular weight is 509 g/mol. The molecule has 0 aromatic heterocycles. The fourth-order valence-corrected chi connectivity index (χ4v) is 5.24. The number of urea groups is 1. The van der Waals surface area contributed by atoms with Crippen molar-refractivity contribution in [3.05, 3.63) is 35.6 Å². The number of ether oxygens (including phenoxy) is 2. The molecule has 9 nitrogen and oxygen atoms in total. The van der Waals surface area contributed by atoms with Crippen LogP contribution < -0.4 is 16.0 Å². The Balaban J connectivity index is 1.67. The van der Waals surface area contributed by atoms with Crippen LogP contribution in [-0.4, -0.2) is 81.2 Å². The molecule has 2 heterocycles. The van der Waals surface area contributed by atoms with Gasteiger partial charge >= 0.3 is 12.1 Å². The van der Waals surface area contributed by atoms with Crippen molar-refractivity contribution in [1.29, 1.82) is 0 Å². The quantitative estimate of drug-likeness (QED) is 0.341. The van der Waals surface area contributed by atoms with E-state index in [-0.39, 0.29) is 37.0 Å². The van der Waals surface area contributed by atoms with Crippen molar-refractivity contribution >= 4 is 12.1 Å². The van der Waals surface area contributed by atoms with Crippen LogP contribution in [0.2, 0.25) is 0 Å². The second kappa shape index (κ2) is 15.0. The van der Waals surface area contributed by atoms with Gasteiger partial charge in [0.25, 0.3) is 0 Å². The van der Waals surface area contributed by atoms with Gasteiger partial charge in [-0.15, -0.1) is 0 Å². The van der Waals surface area contributed by atoms with Crippen LogP contribution in [0.15, 0.2) is 24.3 Å². The van der Waals surface area contributed by atoms with Gasteiger partial charge in [0.2, 0.25) is 0 Å². The Morgan fingerprint density at radius 3 is 2.86 bits per heavy atom. The summed E-state index contributed by atoms with van der Waals surface area (Å²) >= 11 is 0. The number of hydrogen-bond donors (Lipinski definition) is 4. The third kappa shape index (κ3) is 9.22. The lowest BCUT2D eigenvalue weighted by molar-refractivity contribution is 0.00407. The van der Waals surface area contributed by atoms with E-state index in [0.717, 1.165) is 51.7 Å². The molecular weight excluding hydrogens is 467 g/mol. The number of halogens is 1. The van der Waals surface area contributed by atoms with Crippen molar-refractivity contribution < 1.29 is 28.6 Å². The Labute approximate surface area is 213 Å². The molecule has 3 amide bonds. The van der Waals surface area contributed by atoms with E-state index in [1.807, 2.05) is 18.0 Å². The summed E-state index contributed by atoms with van der Waals surface area (Å²) in [5.41, 5.74) is 0.697. The van der Waals surface area contributed by atoms with Gasteiger partial charge in [0.05, 0.1) is 12.7 Å². The van der Waals surface area contributed by atoms with Crippen molar-refractivity contribution in [2.75, 3.05) is 53.0 Å². The number of benzene rings is 1. The second-order valence-corrected chi connectivity index (χ2v) is 9.80. The van der Waals surface area contributed by atoms with Gasteiger partial charge in [-0.25, -0.2) is 14.0 Å². The predicted octanol–water partition coefficient (Wildman–Crippen LogP) is 3.37. The first-order chi connectivity index (χ1) is 17.5. The third-order valence-corrected chi connectivity index (χ3v) is 6.93. The van der Waals surface area contributed by atoms with Crippen LogP contribution in [0.1, 0.15) is 50.2 Å². The summed E-state index contributed by atoms with van der Waals surface area (Å²) in [6.07, 6.45) is 4.12. The van der Waals surface area contributed by atoms with Gasteiger partial charge in [0, 0.05) is 51.4 Å². The normalized spacial score (nSPS) is 22.3. The van der Waals surface area contributed by atoms with E-state index in [1.165, 1.54) is 12.1 Å². The maximum absolute atomic E-state index is 14.0. The molecule has 3 rings (SSSR count). The molecule has 0 radical (unpaired) electrons. The molecule has 2 saturated heterocycles. The Hall–Kier alpha value is -2.43. The topological polar surface area (TPSA) is 112 Å². The first kappa shape index (κ1) is 28.1. The van der Waals surface area contributed by atoms with Crippen LogP contribution in [0, 0.1) is 17.7 Å². The van der Waals surface area contributed by atoms with Crippen molar-refractivity contribution in [3.63, 3.8) is 0 Å². The molecule has 0 saturated carbocycles. The van der Waals surface area contributed by atoms with E-state index in [0.29, 0.717) is 31.1 Å². The highest BCUT2D eigenvalue weighted by atomic mass is 19.1. The van der Waals surface area contributed by atoms with E-state index in [1.54, 1.807) is 6.07 Å². The van der Waals surface area contributed by atoms with Crippen LogP contribution in [0.3, 0.4) is 0 Å². The minimum Gasteiger partial charge on any atom is -0.465 e. The first-order valence-corrected chi connectivity index (χ1v) is 13.1. The number of likely N-dealkylation sites (N-methyl/N-ethyl adjacent to an activating group) is 1. The fourth-order valence-electron chi connectivity index (χ4n) is 5.24. The van der Waals surface area contributed by atoms with Gasteiger partial charge < -0.3 is 35.4 Å². The molecular formula is C26H41FN4O5. The summed E-state index contributed by atoms with van der Waals surface area (Å²) in [5, 5.41) is 17.6. The van der Waals surface area contributed by atoms with Crippen molar-refractivity contribution in [1.82, 2.24) is 20.9 Å². The first-order valence-electron chi connectivity index (χ1n) is 13.1. The molecule has 0 bridgehead atoms. The number of likely N-dealkylation sites (tertiary alicyclic amines) is 1. The van der Waals surface area contributed by atoms with Crippen LogP contribution in [0.5, 0.6) is 0 Å². The summed E-state index contributed by atoms with van der Waals surface area (Å²) in [6, 6.07) is 6.23. The Kier molecular flexibility index (Phi) is 11.7. The van der Waals surface area contributed by atoms with Crippen LogP contribution in [0.25, 0.3) is 0 Å². The lowest BCUT2D eigenvalue weighted by Crippen LogP contribution is -2.50. The van der Waals surface area contributed by atoms with E-state index in [4.69, 9.17) is 14.6 Å². The number of rotatable bonds is 11. The number of carbonyl (C=O) groups is 2. The van der Waals surface area contributed by atoms with Crippen LogP contribution in [-0.2, 0) is 9.47 Å². The lowest BCUT2D eigenvalue weighted by atomic mass is 9.91. The van der Waals surface area contributed by atoms with Crippen molar-refractivity contribution in [3.8, 4) is 0 Å². The zero-order chi connectivity index (χ0) is 25.8. The molecule has 10 heteroatoms. The van der Waals surface area contributed by atoms with Gasteiger partial charge in [-0.2, -0.15) is 0 Å².